The average molecular weight is 511 g/mol. The molecule has 2 amide bonds. The number of carbonyl (C=O) groups excluding carboxylic acids is 4. The van der Waals surface area contributed by atoms with Gasteiger partial charge >= 0.3 is 0 Å². The van der Waals surface area contributed by atoms with Gasteiger partial charge in [-0.1, -0.05) is 23.7 Å². The normalized spacial score (nSPS) is 13.9. The van der Waals surface area contributed by atoms with Crippen molar-refractivity contribution in [2.45, 2.75) is 51.7 Å². The number of fused-ring (bicyclic) bond motifs is 1. The molecule has 11 heteroatoms. The van der Waals surface area contributed by atoms with Gasteiger partial charge in [0.05, 0.1) is 11.6 Å². The number of nitrogens with one attached hydrogen (secondary N) is 1. The highest BCUT2D eigenvalue weighted by molar-refractivity contribution is 6.29. The molecule has 36 heavy (non-hydrogen) atoms. The highest BCUT2D eigenvalue weighted by Gasteiger charge is 2.34. The standard InChI is InChI=1S/C25H27ClN6O4/c1-14(27)20(34)11-16-6-9-19-18(10-16)25(15(2)33)30-32(19)13-24(36)31(17-7-8-17)12-23(35)29-22-5-3-4-21(26)28-22/h3-6,9-10,14,17H,7-8,11-13,27H2,1-2H3,(H,28,29,35). The molecule has 1 aromatic carbocycles. The summed E-state index contributed by atoms with van der Waals surface area (Å²) >= 11 is 5.87. The molecule has 3 aromatic rings. The number of hydrogen-bond acceptors (Lipinski definition) is 7. The van der Waals surface area contributed by atoms with Gasteiger partial charge in [0.25, 0.3) is 0 Å². The number of aromatic nitrogens is 3. The van der Waals surface area contributed by atoms with Crippen molar-refractivity contribution in [3.8, 4) is 0 Å². The van der Waals surface area contributed by atoms with E-state index in [0.717, 1.165) is 12.8 Å². The summed E-state index contributed by atoms with van der Waals surface area (Å²) in [7, 11) is 0. The summed E-state index contributed by atoms with van der Waals surface area (Å²) in [6, 6.07) is 9.51. The van der Waals surface area contributed by atoms with Crippen LogP contribution in [0.4, 0.5) is 5.82 Å². The van der Waals surface area contributed by atoms with Crippen LogP contribution in [0.3, 0.4) is 0 Å². The molecule has 4 rings (SSSR count). The highest BCUT2D eigenvalue weighted by Crippen LogP contribution is 2.28. The molecule has 1 aliphatic rings. The molecule has 10 nitrogen and oxygen atoms in total. The van der Waals surface area contributed by atoms with E-state index < -0.39 is 6.04 Å². The zero-order valence-corrected chi connectivity index (χ0v) is 20.8. The fraction of sp³-hybridized carbons (Fsp3) is 0.360. The molecular formula is C25H27ClN6O4. The Labute approximate surface area is 212 Å². The third-order valence-corrected chi connectivity index (χ3v) is 6.13. The molecule has 188 valence electrons. The zero-order chi connectivity index (χ0) is 26.0. The van der Waals surface area contributed by atoms with Crippen molar-refractivity contribution in [1.29, 1.82) is 0 Å². The molecule has 0 aliphatic heterocycles. The van der Waals surface area contributed by atoms with Gasteiger partial charge in [-0.05, 0) is 49.6 Å². The summed E-state index contributed by atoms with van der Waals surface area (Å²) < 4.78 is 1.47. The van der Waals surface area contributed by atoms with Crippen LogP contribution in [0.2, 0.25) is 5.15 Å². The Balaban J connectivity index is 1.53. The number of benzene rings is 1. The minimum absolute atomic E-state index is 0.0273. The lowest BCUT2D eigenvalue weighted by Crippen LogP contribution is -2.41. The fourth-order valence-electron chi connectivity index (χ4n) is 3.92. The number of nitrogens with zero attached hydrogens (tertiary/aromatic N) is 4. The number of anilines is 1. The Kier molecular flexibility index (Phi) is 7.46. The van der Waals surface area contributed by atoms with E-state index in [1.54, 1.807) is 43.3 Å². The number of ketones is 2. The topological polar surface area (TPSA) is 140 Å². The lowest BCUT2D eigenvalue weighted by Gasteiger charge is -2.22. The Morgan fingerprint density at radius 2 is 1.97 bits per heavy atom. The van der Waals surface area contributed by atoms with Gasteiger partial charge in [-0.3, -0.25) is 23.9 Å². The van der Waals surface area contributed by atoms with Crippen LogP contribution in [0.1, 0.15) is 42.7 Å². The number of amides is 2. The van der Waals surface area contributed by atoms with E-state index in [9.17, 15) is 19.2 Å². The maximum atomic E-state index is 13.3. The zero-order valence-electron chi connectivity index (χ0n) is 20.0. The van der Waals surface area contributed by atoms with Gasteiger partial charge in [0, 0.05) is 24.8 Å². The number of Topliss-reactive ketones (excluding diaryl/α,β-unsaturated/α-hetero) is 2. The smallest absolute Gasteiger partial charge is 0.245 e. The average Bonchev–Trinajstić information content (AvgIpc) is 3.59. The monoisotopic (exact) mass is 510 g/mol. The summed E-state index contributed by atoms with van der Waals surface area (Å²) in [6.45, 7) is 2.75. The van der Waals surface area contributed by atoms with Crippen molar-refractivity contribution in [2.24, 2.45) is 5.73 Å². The molecular weight excluding hydrogens is 484 g/mol. The van der Waals surface area contributed by atoms with Crippen LogP contribution in [-0.2, 0) is 27.3 Å². The highest BCUT2D eigenvalue weighted by atomic mass is 35.5. The second kappa shape index (κ2) is 10.5. The molecule has 2 aromatic heterocycles. The van der Waals surface area contributed by atoms with E-state index in [-0.39, 0.29) is 59.8 Å². The van der Waals surface area contributed by atoms with Gasteiger partial charge < -0.3 is 16.0 Å². The lowest BCUT2D eigenvalue weighted by atomic mass is 10.0. The van der Waals surface area contributed by atoms with E-state index in [0.29, 0.717) is 22.3 Å². The number of pyridine rings is 1. The van der Waals surface area contributed by atoms with Gasteiger partial charge in [0.2, 0.25) is 11.8 Å². The van der Waals surface area contributed by atoms with Gasteiger partial charge in [0.15, 0.2) is 11.6 Å². The molecule has 0 saturated heterocycles. The van der Waals surface area contributed by atoms with Crippen LogP contribution in [-0.4, -0.2) is 61.7 Å². The van der Waals surface area contributed by atoms with Gasteiger partial charge in [-0.25, -0.2) is 4.98 Å². The minimum atomic E-state index is -0.589. The summed E-state index contributed by atoms with van der Waals surface area (Å²) in [5.41, 5.74) is 7.20. The largest absolute Gasteiger partial charge is 0.329 e. The number of rotatable bonds is 10. The Morgan fingerprint density at radius 3 is 2.61 bits per heavy atom. The predicted molar refractivity (Wildman–Crippen MR) is 135 cm³/mol. The van der Waals surface area contributed by atoms with Crippen LogP contribution in [0.5, 0.6) is 0 Å². The summed E-state index contributed by atoms with van der Waals surface area (Å²) in [5, 5.41) is 7.86. The second-order valence-electron chi connectivity index (χ2n) is 8.99. The minimum Gasteiger partial charge on any atom is -0.329 e. The number of nitrogens with two attached hydrogens (primary N) is 1. The van der Waals surface area contributed by atoms with Crippen molar-refractivity contribution >= 4 is 51.7 Å². The fourth-order valence-corrected chi connectivity index (χ4v) is 4.08. The van der Waals surface area contributed by atoms with Crippen molar-refractivity contribution in [3.05, 3.63) is 52.8 Å². The van der Waals surface area contributed by atoms with E-state index in [1.807, 2.05) is 0 Å². The summed E-state index contributed by atoms with van der Waals surface area (Å²) in [5.74, 6) is -0.745. The molecule has 1 saturated carbocycles. The second-order valence-corrected chi connectivity index (χ2v) is 9.38. The molecule has 0 radical (unpaired) electrons. The SMILES string of the molecule is CC(=O)c1nn(CC(=O)N(CC(=O)Nc2cccc(Cl)n2)C2CC2)c2ccc(CC(=O)C(C)N)cc12. The lowest BCUT2D eigenvalue weighted by molar-refractivity contribution is -0.135. The third kappa shape index (κ3) is 5.95. The van der Waals surface area contributed by atoms with Gasteiger partial charge in [-0.15, -0.1) is 0 Å². The maximum Gasteiger partial charge on any atom is 0.245 e. The quantitative estimate of drug-likeness (QED) is 0.315. The molecule has 1 unspecified atom stereocenters. The molecule has 3 N–H and O–H groups in total. The number of carbonyl (C=O) groups is 4. The van der Waals surface area contributed by atoms with E-state index in [4.69, 9.17) is 17.3 Å². The first-order valence-corrected chi connectivity index (χ1v) is 12.0. The Bertz CT molecular complexity index is 1350. The van der Waals surface area contributed by atoms with Crippen molar-refractivity contribution < 1.29 is 19.2 Å². The predicted octanol–water partition coefficient (Wildman–Crippen LogP) is 2.38. The number of halogens is 1. The molecule has 0 bridgehead atoms. The van der Waals surface area contributed by atoms with E-state index in [1.165, 1.54) is 16.5 Å². The van der Waals surface area contributed by atoms with Gasteiger partial charge in [0.1, 0.15) is 29.8 Å². The Morgan fingerprint density at radius 1 is 1.22 bits per heavy atom. The summed E-state index contributed by atoms with van der Waals surface area (Å²) in [4.78, 5) is 55.8. The van der Waals surface area contributed by atoms with Crippen LogP contribution < -0.4 is 11.1 Å². The van der Waals surface area contributed by atoms with Crippen LogP contribution in [0.15, 0.2) is 36.4 Å². The molecule has 1 aliphatic carbocycles. The van der Waals surface area contributed by atoms with E-state index in [2.05, 4.69) is 15.4 Å². The first kappa shape index (κ1) is 25.5. The summed E-state index contributed by atoms with van der Waals surface area (Å²) in [6.07, 6.45) is 1.76. The van der Waals surface area contributed by atoms with E-state index >= 15 is 0 Å². The third-order valence-electron chi connectivity index (χ3n) is 5.92. The van der Waals surface area contributed by atoms with Gasteiger partial charge in [-0.2, -0.15) is 5.10 Å². The van der Waals surface area contributed by atoms with Crippen molar-refractivity contribution in [3.63, 3.8) is 0 Å². The molecule has 0 spiro atoms. The van der Waals surface area contributed by atoms with Crippen LogP contribution >= 0.6 is 11.6 Å². The van der Waals surface area contributed by atoms with Crippen molar-refractivity contribution in [2.75, 3.05) is 11.9 Å². The first-order chi connectivity index (χ1) is 17.1. The van der Waals surface area contributed by atoms with Crippen LogP contribution in [0, 0.1) is 0 Å². The Hall–Kier alpha value is -3.63. The number of hydrogen-bond donors (Lipinski definition) is 2. The molecule has 1 fully saturated rings. The maximum absolute atomic E-state index is 13.3. The molecule has 1 atom stereocenters. The molecule has 2 heterocycles. The van der Waals surface area contributed by atoms with Crippen molar-refractivity contribution in [1.82, 2.24) is 19.7 Å². The van der Waals surface area contributed by atoms with Crippen LogP contribution in [0.25, 0.3) is 10.9 Å². The first-order valence-electron chi connectivity index (χ1n) is 11.6.